The van der Waals surface area contributed by atoms with Crippen LogP contribution in [-0.4, -0.2) is 127 Å². The first-order chi connectivity index (χ1) is 45.8. The zero-order valence-corrected chi connectivity index (χ0v) is 56.0. The summed E-state index contributed by atoms with van der Waals surface area (Å²) in [7, 11) is 4.14. The van der Waals surface area contributed by atoms with Gasteiger partial charge in [-0.25, -0.2) is 0 Å². The summed E-state index contributed by atoms with van der Waals surface area (Å²) in [5, 5.41) is 4.11. The molecule has 4 aliphatic rings. The Morgan fingerprint density at radius 1 is 0.484 bits per heavy atom. The van der Waals surface area contributed by atoms with E-state index in [0.717, 1.165) is 89.4 Å². The van der Waals surface area contributed by atoms with Crippen LogP contribution in [0.3, 0.4) is 0 Å². The van der Waals surface area contributed by atoms with E-state index >= 15 is 0 Å². The van der Waals surface area contributed by atoms with Gasteiger partial charge in [0.25, 0.3) is 0 Å². The Hall–Kier alpha value is -9.74. The molecular weight excluding hydrogens is 1200 g/mol. The predicted molar refractivity (Wildman–Crippen MR) is 376 cm³/mol. The number of nitrogens with zero attached hydrogens (tertiary/aromatic N) is 6. The first kappa shape index (κ1) is 65.3. The number of hydrogen-bond acceptors (Lipinski definition) is 17. The molecule has 0 saturated carbocycles. The van der Waals surface area contributed by atoms with Gasteiger partial charge in [-0.05, 0) is 148 Å². The number of esters is 4. The maximum Gasteiger partial charge on any atom is 0.306 e. The number of para-hydroxylation sites is 2. The summed E-state index contributed by atoms with van der Waals surface area (Å²) in [4.78, 5) is 69.7. The zero-order valence-electron chi connectivity index (χ0n) is 56.0. The van der Waals surface area contributed by atoms with Gasteiger partial charge in [-0.1, -0.05) is 109 Å². The number of rotatable bonds is 24. The van der Waals surface area contributed by atoms with Crippen LogP contribution in [0, 0.1) is 0 Å². The highest BCUT2D eigenvalue weighted by Crippen LogP contribution is 2.57. The number of benzene rings is 8. The Bertz CT molecular complexity index is 3990. The molecule has 12 rings (SSSR count). The molecule has 0 radical (unpaired) electrons. The molecule has 0 fully saturated rings. The largest absolute Gasteiger partial charge is 0.464 e. The maximum atomic E-state index is 12.8. The summed E-state index contributed by atoms with van der Waals surface area (Å²) in [6, 6.07) is 54.4. The summed E-state index contributed by atoms with van der Waals surface area (Å²) in [6.07, 6.45) is 2.10. The molecule has 8 aromatic rings. The molecule has 0 saturated heterocycles. The highest BCUT2D eigenvalue weighted by molar-refractivity contribution is 6.07. The van der Waals surface area contributed by atoms with Crippen molar-refractivity contribution in [1.29, 1.82) is 0 Å². The van der Waals surface area contributed by atoms with Crippen LogP contribution >= 0.6 is 0 Å². The molecule has 492 valence electrons. The number of likely N-dealkylation sites (N-methyl/N-ethyl adjacent to an activating group) is 4. The molecule has 0 N–H and O–H groups in total. The number of carbonyl (C=O) groups is 4. The molecule has 8 aromatic carbocycles. The SMILES string of the molecule is CCN(CCOC(=O)CCC(=O)OC(C)COCC(C)OC(=O)CCC(=O)OCCN(CC)c1ccc(-c2cc3c(c4ccccc24)OC2(C=N3)N(C)c3ccccc3C2(C)C)cc1)c1ccc(-c2cc3c(c4ccccc24)OC2(C=N3)N(C)c3ccccc3C2(C)C)cc1. The van der Waals surface area contributed by atoms with Crippen molar-refractivity contribution in [3.05, 3.63) is 169 Å². The first-order valence-corrected chi connectivity index (χ1v) is 33.0. The van der Waals surface area contributed by atoms with Crippen LogP contribution in [0.4, 0.5) is 34.1 Å². The van der Waals surface area contributed by atoms with E-state index in [1.54, 1.807) is 13.8 Å². The molecule has 0 aliphatic carbocycles. The summed E-state index contributed by atoms with van der Waals surface area (Å²) in [6.45, 7) is 19.0. The molecule has 0 bridgehead atoms. The third-order valence-corrected chi connectivity index (χ3v) is 19.4. The van der Waals surface area contributed by atoms with Gasteiger partial charge in [-0.3, -0.25) is 29.2 Å². The number of fused-ring (bicyclic) bond motifs is 8. The standard InChI is InChI=1S/C78H84N6O11/c1-11-83(55-33-29-53(30-34-55)61-45-65-73(59-23-15-13-21-57(59)61)94-77(49-79-65)75(5,6)63-25-17-19-27-67(63)81(77)9)41-43-90-69(85)37-39-71(87)92-51(3)47-89-48-52(4)93-72(88)40-38-70(86)91-44-42-84(12-2)56-35-31-54(32-36-56)62-46-66-74(60-24-16-14-22-58(60)62)95-78(50-80-66)76(7,8)64-26-18-20-28-68(64)82(78)10/h13-36,45-46,49-52H,11-12,37-44,47-48H2,1-10H3. The smallest absolute Gasteiger partial charge is 0.306 e. The van der Waals surface area contributed by atoms with Crippen molar-refractivity contribution in [1.82, 2.24) is 0 Å². The molecule has 4 aliphatic heterocycles. The fourth-order valence-corrected chi connectivity index (χ4v) is 14.1. The van der Waals surface area contributed by atoms with Crippen LogP contribution in [0.1, 0.15) is 92.2 Å². The number of ether oxygens (including phenoxy) is 7. The van der Waals surface area contributed by atoms with E-state index in [1.807, 2.05) is 50.5 Å². The van der Waals surface area contributed by atoms with Crippen molar-refractivity contribution in [3.8, 4) is 33.8 Å². The number of carbonyl (C=O) groups excluding carboxylic acids is 4. The molecule has 95 heavy (non-hydrogen) atoms. The van der Waals surface area contributed by atoms with E-state index in [1.165, 1.54) is 11.1 Å². The van der Waals surface area contributed by atoms with Gasteiger partial charge >= 0.3 is 23.9 Å². The van der Waals surface area contributed by atoms with Crippen molar-refractivity contribution in [2.24, 2.45) is 9.98 Å². The van der Waals surface area contributed by atoms with E-state index in [-0.39, 0.29) is 62.9 Å². The van der Waals surface area contributed by atoms with E-state index in [0.29, 0.717) is 26.2 Å². The Balaban J connectivity index is 0.531. The summed E-state index contributed by atoms with van der Waals surface area (Å²) in [5.74, 6) is -0.603. The quantitative estimate of drug-likeness (QED) is 0.0413. The fourth-order valence-electron chi connectivity index (χ4n) is 14.1. The number of aliphatic imine (C=N–C) groups is 2. The second-order valence-corrected chi connectivity index (χ2v) is 26.0. The Morgan fingerprint density at radius 3 is 1.22 bits per heavy atom. The second kappa shape index (κ2) is 26.9. The third-order valence-electron chi connectivity index (χ3n) is 19.4. The topological polar surface area (TPSA) is 171 Å². The van der Waals surface area contributed by atoms with E-state index in [4.69, 9.17) is 43.1 Å². The van der Waals surface area contributed by atoms with Gasteiger partial charge < -0.3 is 52.8 Å². The minimum Gasteiger partial charge on any atom is -0.464 e. The predicted octanol–water partition coefficient (Wildman–Crippen LogP) is 14.6. The molecule has 4 atom stereocenters. The molecule has 2 spiro atoms. The highest BCUT2D eigenvalue weighted by atomic mass is 16.6. The molecule has 0 amide bonds. The molecule has 17 heteroatoms. The monoisotopic (exact) mass is 1280 g/mol. The summed E-state index contributed by atoms with van der Waals surface area (Å²) < 4.78 is 42.0. The van der Waals surface area contributed by atoms with E-state index in [2.05, 4.69) is 195 Å². The molecule has 4 unspecified atom stereocenters. The van der Waals surface area contributed by atoms with Crippen LogP contribution in [0.5, 0.6) is 11.5 Å². The lowest BCUT2D eigenvalue weighted by Crippen LogP contribution is -2.61. The minimum atomic E-state index is -0.799. The van der Waals surface area contributed by atoms with Gasteiger partial charge in [0.05, 0.1) is 75.2 Å². The minimum absolute atomic E-state index is 0.0448. The van der Waals surface area contributed by atoms with Crippen LogP contribution in [0.25, 0.3) is 43.8 Å². The van der Waals surface area contributed by atoms with Crippen LogP contribution in [-0.2, 0) is 53.7 Å². The molecular formula is C78H84N6O11. The van der Waals surface area contributed by atoms with Gasteiger partial charge in [0.2, 0.25) is 11.4 Å². The van der Waals surface area contributed by atoms with Gasteiger partial charge in [0, 0.05) is 60.7 Å². The maximum absolute atomic E-state index is 12.8. The van der Waals surface area contributed by atoms with Gasteiger partial charge in [-0.2, -0.15) is 0 Å². The lowest BCUT2D eigenvalue weighted by Gasteiger charge is -2.45. The Labute approximate surface area is 556 Å². The van der Waals surface area contributed by atoms with Crippen molar-refractivity contribution in [3.63, 3.8) is 0 Å². The molecule has 0 aromatic heterocycles. The van der Waals surface area contributed by atoms with Crippen LogP contribution in [0.15, 0.2) is 168 Å². The summed E-state index contributed by atoms with van der Waals surface area (Å²) >= 11 is 0. The van der Waals surface area contributed by atoms with Gasteiger partial charge in [-0.15, -0.1) is 0 Å². The van der Waals surface area contributed by atoms with Crippen molar-refractivity contribution < 1.29 is 52.3 Å². The van der Waals surface area contributed by atoms with Crippen molar-refractivity contribution >= 4 is 92.0 Å². The third kappa shape index (κ3) is 12.4. The Kier molecular flexibility index (Phi) is 18.5. The normalized spacial score (nSPS) is 18.1. The first-order valence-electron chi connectivity index (χ1n) is 33.0. The zero-order chi connectivity index (χ0) is 66.8. The average molecular weight is 1280 g/mol. The van der Waals surface area contributed by atoms with Gasteiger partial charge in [0.1, 0.15) is 36.8 Å². The lowest BCUT2D eigenvalue weighted by atomic mass is 9.77. The van der Waals surface area contributed by atoms with Crippen LogP contribution in [0.2, 0.25) is 0 Å². The van der Waals surface area contributed by atoms with E-state index in [9.17, 15) is 19.2 Å². The number of hydrogen-bond donors (Lipinski definition) is 0. The lowest BCUT2D eigenvalue weighted by molar-refractivity contribution is -0.158. The highest BCUT2D eigenvalue weighted by Gasteiger charge is 2.60. The van der Waals surface area contributed by atoms with Gasteiger partial charge in [0.15, 0.2) is 11.5 Å². The van der Waals surface area contributed by atoms with Crippen LogP contribution < -0.4 is 29.1 Å². The summed E-state index contributed by atoms with van der Waals surface area (Å²) in [5.41, 5.74) is 10.0. The van der Waals surface area contributed by atoms with E-state index < -0.39 is 47.5 Å². The van der Waals surface area contributed by atoms with Crippen molar-refractivity contribution in [2.45, 2.75) is 116 Å². The fraction of sp³-hybridized carbons (Fsp3) is 0.359. The average Bonchev–Trinajstić information content (AvgIpc) is 1.58. The molecule has 17 nitrogen and oxygen atoms in total. The second-order valence-electron chi connectivity index (χ2n) is 26.0. The Morgan fingerprint density at radius 2 is 0.842 bits per heavy atom. The van der Waals surface area contributed by atoms with Crippen molar-refractivity contribution in [2.75, 3.05) is 86.3 Å². The number of anilines is 4. The molecule has 4 heterocycles.